The van der Waals surface area contributed by atoms with Crippen molar-refractivity contribution in [3.05, 3.63) is 83.3 Å². The summed E-state index contributed by atoms with van der Waals surface area (Å²) in [6.07, 6.45) is -3.01. The Hall–Kier alpha value is -3.81. The highest BCUT2D eigenvalue weighted by atomic mass is 19.4. The lowest BCUT2D eigenvalue weighted by Gasteiger charge is -2.42. The zero-order valence-corrected chi connectivity index (χ0v) is 19.2. The van der Waals surface area contributed by atoms with Crippen LogP contribution in [-0.2, 0) is 11.0 Å². The first-order valence-electron chi connectivity index (χ1n) is 11.1. The van der Waals surface area contributed by atoms with E-state index in [1.165, 1.54) is 31.2 Å². The normalized spacial score (nSPS) is 16.0. The Bertz CT molecular complexity index is 1290. The van der Waals surface area contributed by atoms with E-state index in [2.05, 4.69) is 10.3 Å². The van der Waals surface area contributed by atoms with E-state index in [0.717, 1.165) is 17.2 Å². The number of nitriles is 1. The molecule has 2 heterocycles. The monoisotopic (exact) mass is 498 g/mol. The number of amides is 1. The molecule has 1 atom stereocenters. The van der Waals surface area contributed by atoms with Gasteiger partial charge in [0.2, 0.25) is 0 Å². The molecule has 3 aromatic rings. The van der Waals surface area contributed by atoms with Crippen LogP contribution in [0.2, 0.25) is 0 Å². The summed E-state index contributed by atoms with van der Waals surface area (Å²) in [4.78, 5) is 18.9. The van der Waals surface area contributed by atoms with Crippen molar-refractivity contribution in [3.63, 3.8) is 0 Å². The number of alkyl halides is 3. The van der Waals surface area contributed by atoms with Crippen LogP contribution in [0.15, 0.2) is 60.8 Å². The lowest BCUT2D eigenvalue weighted by molar-refractivity contribution is -0.138. The largest absolute Gasteiger partial charge is 0.417 e. The average molecular weight is 498 g/mol. The van der Waals surface area contributed by atoms with E-state index in [1.807, 2.05) is 17.0 Å². The van der Waals surface area contributed by atoms with Crippen molar-refractivity contribution >= 4 is 11.6 Å². The predicted octanol–water partition coefficient (Wildman–Crippen LogP) is 4.57. The fraction of sp³-hybridized carbons (Fsp3) is 0.269. The summed E-state index contributed by atoms with van der Waals surface area (Å²) in [5, 5.41) is 21.9. The van der Waals surface area contributed by atoms with E-state index >= 15 is 0 Å². The Morgan fingerprint density at radius 3 is 2.44 bits per heavy atom. The van der Waals surface area contributed by atoms with Gasteiger partial charge in [0.1, 0.15) is 5.82 Å². The van der Waals surface area contributed by atoms with Crippen molar-refractivity contribution in [1.29, 1.82) is 5.26 Å². The fourth-order valence-corrected chi connectivity index (χ4v) is 4.07. The standard InChI is InChI=1S/C26H22F4N4O2/c1-25(36,24(35)33-21-8-4-17(11-31)22(10-21)26(28,29)30)15-34-13-19(14-34)18-5-9-23(32-12-18)16-2-6-20(27)7-3-16/h2-10,12,19,36H,13-15H2,1H3,(H,33,35). The third-order valence-electron chi connectivity index (χ3n) is 6.08. The zero-order valence-electron chi connectivity index (χ0n) is 19.2. The van der Waals surface area contributed by atoms with Crippen molar-refractivity contribution in [1.82, 2.24) is 9.88 Å². The van der Waals surface area contributed by atoms with E-state index in [0.29, 0.717) is 24.8 Å². The number of carbonyl (C=O) groups is 1. The first-order chi connectivity index (χ1) is 17.0. The number of anilines is 1. The Morgan fingerprint density at radius 1 is 1.17 bits per heavy atom. The fourth-order valence-electron chi connectivity index (χ4n) is 4.07. The first kappa shape index (κ1) is 25.3. The summed E-state index contributed by atoms with van der Waals surface area (Å²) in [6, 6.07) is 14.1. The second-order valence-electron chi connectivity index (χ2n) is 8.97. The van der Waals surface area contributed by atoms with Gasteiger partial charge in [-0.3, -0.25) is 14.7 Å². The maximum absolute atomic E-state index is 13.2. The summed E-state index contributed by atoms with van der Waals surface area (Å²) in [6.45, 7) is 2.41. The lowest BCUT2D eigenvalue weighted by atomic mass is 9.90. The van der Waals surface area contributed by atoms with Crippen LogP contribution in [0.4, 0.5) is 23.2 Å². The highest BCUT2D eigenvalue weighted by Gasteiger charge is 2.39. The number of halogens is 4. The van der Waals surface area contributed by atoms with Crippen molar-refractivity contribution < 1.29 is 27.5 Å². The minimum atomic E-state index is -4.76. The molecule has 0 bridgehead atoms. The second kappa shape index (κ2) is 9.68. The van der Waals surface area contributed by atoms with E-state index in [1.54, 1.807) is 18.3 Å². The summed E-state index contributed by atoms with van der Waals surface area (Å²) in [5.41, 5.74) is -1.25. The second-order valence-corrected chi connectivity index (χ2v) is 8.97. The number of likely N-dealkylation sites (tertiary alicyclic amines) is 1. The third kappa shape index (κ3) is 5.53. The molecule has 1 saturated heterocycles. The number of carbonyl (C=O) groups excluding carboxylic acids is 1. The Morgan fingerprint density at radius 2 is 1.86 bits per heavy atom. The number of benzene rings is 2. The molecule has 10 heteroatoms. The topological polar surface area (TPSA) is 89.2 Å². The van der Waals surface area contributed by atoms with Gasteiger partial charge in [0.05, 0.1) is 22.9 Å². The summed E-state index contributed by atoms with van der Waals surface area (Å²) in [7, 11) is 0. The maximum atomic E-state index is 13.2. The molecule has 1 aliphatic rings. The summed E-state index contributed by atoms with van der Waals surface area (Å²) in [5.74, 6) is -1.03. The molecule has 4 rings (SSSR count). The molecule has 0 aliphatic carbocycles. The van der Waals surface area contributed by atoms with Gasteiger partial charge in [-0.05, 0) is 61.0 Å². The molecule has 1 unspecified atom stereocenters. The van der Waals surface area contributed by atoms with Crippen molar-refractivity contribution in [2.75, 3.05) is 25.0 Å². The number of hydrogen-bond donors (Lipinski definition) is 2. The van der Waals surface area contributed by atoms with E-state index in [9.17, 15) is 27.5 Å². The first-order valence-corrected chi connectivity index (χ1v) is 11.1. The summed E-state index contributed by atoms with van der Waals surface area (Å²) < 4.78 is 52.6. The van der Waals surface area contributed by atoms with Gasteiger partial charge in [0.25, 0.3) is 5.91 Å². The molecule has 6 nitrogen and oxygen atoms in total. The Labute approximate surface area is 204 Å². The van der Waals surface area contributed by atoms with Crippen LogP contribution in [0, 0.1) is 17.1 Å². The molecule has 1 fully saturated rings. The number of rotatable bonds is 6. The van der Waals surface area contributed by atoms with Gasteiger partial charge in [-0.2, -0.15) is 18.4 Å². The van der Waals surface area contributed by atoms with E-state index in [-0.39, 0.29) is 24.0 Å². The number of aromatic nitrogens is 1. The zero-order chi connectivity index (χ0) is 26.1. The quantitative estimate of drug-likeness (QED) is 0.486. The van der Waals surface area contributed by atoms with Crippen LogP contribution < -0.4 is 5.32 Å². The van der Waals surface area contributed by atoms with Crippen molar-refractivity contribution in [2.24, 2.45) is 0 Å². The van der Waals surface area contributed by atoms with Gasteiger partial charge in [-0.1, -0.05) is 6.07 Å². The molecule has 1 amide bonds. The number of nitrogens with one attached hydrogen (secondary N) is 1. The highest BCUT2D eigenvalue weighted by Crippen LogP contribution is 2.34. The molecule has 2 N–H and O–H groups in total. The number of hydrogen-bond acceptors (Lipinski definition) is 5. The average Bonchev–Trinajstić information content (AvgIpc) is 2.81. The van der Waals surface area contributed by atoms with Crippen molar-refractivity contribution in [3.8, 4) is 17.3 Å². The van der Waals surface area contributed by atoms with Gasteiger partial charge in [-0.15, -0.1) is 0 Å². The molecule has 1 aromatic heterocycles. The SMILES string of the molecule is CC(O)(CN1CC(c2ccc(-c3ccc(F)cc3)nc2)C1)C(=O)Nc1ccc(C#N)c(C(F)(F)F)c1. The van der Waals surface area contributed by atoms with E-state index < -0.39 is 28.8 Å². The predicted molar refractivity (Wildman–Crippen MR) is 124 cm³/mol. The van der Waals surface area contributed by atoms with Crippen molar-refractivity contribution in [2.45, 2.75) is 24.6 Å². The molecule has 0 spiro atoms. The summed E-state index contributed by atoms with van der Waals surface area (Å²) >= 11 is 0. The molecule has 186 valence electrons. The van der Waals surface area contributed by atoms with Gasteiger partial charge < -0.3 is 10.4 Å². The van der Waals surface area contributed by atoms with Gasteiger partial charge >= 0.3 is 6.18 Å². The highest BCUT2D eigenvalue weighted by molar-refractivity contribution is 5.97. The number of aliphatic hydroxyl groups is 1. The van der Waals surface area contributed by atoms with Gasteiger partial charge in [0.15, 0.2) is 5.60 Å². The molecule has 1 aliphatic heterocycles. The number of nitrogens with zero attached hydrogens (tertiary/aromatic N) is 3. The molecule has 0 radical (unpaired) electrons. The maximum Gasteiger partial charge on any atom is 0.417 e. The molecule has 2 aromatic carbocycles. The van der Waals surface area contributed by atoms with Crippen LogP contribution >= 0.6 is 0 Å². The molecular formula is C26H22F4N4O2. The van der Waals surface area contributed by atoms with E-state index in [4.69, 9.17) is 5.26 Å². The molecule has 36 heavy (non-hydrogen) atoms. The van der Waals surface area contributed by atoms with Crippen LogP contribution in [-0.4, -0.2) is 46.1 Å². The number of pyridine rings is 1. The minimum absolute atomic E-state index is 0.0150. The van der Waals surface area contributed by atoms with Crippen LogP contribution in [0.1, 0.15) is 29.5 Å². The Kier molecular flexibility index (Phi) is 6.80. The molecule has 0 saturated carbocycles. The molecular weight excluding hydrogens is 476 g/mol. The Balaban J connectivity index is 1.34. The smallest absolute Gasteiger partial charge is 0.379 e. The van der Waals surface area contributed by atoms with Crippen LogP contribution in [0.25, 0.3) is 11.3 Å². The number of β-amino-alcohol motifs (C(OH)–C–C–N with tert-alkyl or cyclic N) is 1. The lowest BCUT2D eigenvalue weighted by Crippen LogP contribution is -2.55. The van der Waals surface area contributed by atoms with Crippen LogP contribution in [0.3, 0.4) is 0 Å². The minimum Gasteiger partial charge on any atom is -0.379 e. The van der Waals surface area contributed by atoms with Crippen LogP contribution in [0.5, 0.6) is 0 Å². The third-order valence-corrected chi connectivity index (χ3v) is 6.08. The van der Waals surface area contributed by atoms with Gasteiger partial charge in [0, 0.05) is 43.0 Å². The van der Waals surface area contributed by atoms with Gasteiger partial charge in [-0.25, -0.2) is 4.39 Å².